The zero-order valence-corrected chi connectivity index (χ0v) is 10.8. The lowest BCUT2D eigenvalue weighted by Gasteiger charge is -2.08. The fourth-order valence-corrected chi connectivity index (χ4v) is 1.65. The van der Waals surface area contributed by atoms with Gasteiger partial charge in [0.25, 0.3) is 0 Å². The van der Waals surface area contributed by atoms with Crippen molar-refractivity contribution in [2.45, 2.75) is 19.8 Å². The van der Waals surface area contributed by atoms with E-state index in [0.29, 0.717) is 17.4 Å². The molecule has 4 heteroatoms. The van der Waals surface area contributed by atoms with Gasteiger partial charge >= 0.3 is 5.97 Å². The Bertz CT molecular complexity index is 576. The van der Waals surface area contributed by atoms with Gasteiger partial charge in [0.1, 0.15) is 11.5 Å². The number of rotatable bonds is 4. The highest BCUT2D eigenvalue weighted by molar-refractivity contribution is 5.87. The van der Waals surface area contributed by atoms with E-state index in [1.165, 1.54) is 24.0 Å². The van der Waals surface area contributed by atoms with Crippen molar-refractivity contribution in [2.24, 2.45) is 0 Å². The van der Waals surface area contributed by atoms with Crippen LogP contribution in [0.25, 0.3) is 0 Å². The van der Waals surface area contributed by atoms with Crippen LogP contribution in [0.3, 0.4) is 0 Å². The zero-order chi connectivity index (χ0) is 13.8. The maximum Gasteiger partial charge on any atom is 0.337 e. The highest BCUT2D eigenvalue weighted by Gasteiger charge is 2.06. The third-order valence-electron chi connectivity index (χ3n) is 2.74. The van der Waals surface area contributed by atoms with E-state index in [9.17, 15) is 4.79 Å². The molecule has 2 rings (SSSR count). The molecule has 98 valence electrons. The van der Waals surface area contributed by atoms with E-state index in [2.05, 4.69) is 18.8 Å². The summed E-state index contributed by atoms with van der Waals surface area (Å²) in [5.41, 5.74) is 1.33. The van der Waals surface area contributed by atoms with Crippen molar-refractivity contribution in [3.8, 4) is 11.5 Å². The van der Waals surface area contributed by atoms with Crippen LogP contribution >= 0.6 is 0 Å². The normalized spacial score (nSPS) is 10.5. The highest BCUT2D eigenvalue weighted by Crippen LogP contribution is 2.23. The third kappa shape index (κ3) is 3.31. The van der Waals surface area contributed by atoms with Crippen LogP contribution in [-0.2, 0) is 0 Å². The Morgan fingerprint density at radius 3 is 2.42 bits per heavy atom. The van der Waals surface area contributed by atoms with Crippen molar-refractivity contribution in [1.82, 2.24) is 4.98 Å². The lowest BCUT2D eigenvalue weighted by Crippen LogP contribution is -1.97. The van der Waals surface area contributed by atoms with Gasteiger partial charge in [-0.2, -0.15) is 0 Å². The first-order valence-corrected chi connectivity index (χ1v) is 6.02. The molecular formula is C15H15NO3. The first-order valence-electron chi connectivity index (χ1n) is 6.02. The standard InChI is InChI=1S/C15H15NO3/c1-10(2)11-3-5-13(6-4-11)19-14-7-12(15(17)18)8-16-9-14/h3-10H,1-2H3,(H,17,18). The summed E-state index contributed by atoms with van der Waals surface area (Å²) >= 11 is 0. The number of ether oxygens (including phenoxy) is 1. The second kappa shape index (κ2) is 5.52. The van der Waals surface area contributed by atoms with Gasteiger partial charge in [0.15, 0.2) is 0 Å². The molecule has 0 atom stereocenters. The van der Waals surface area contributed by atoms with E-state index in [1.807, 2.05) is 24.3 Å². The number of hydrogen-bond acceptors (Lipinski definition) is 3. The Balaban J connectivity index is 2.16. The molecule has 0 saturated carbocycles. The number of pyridine rings is 1. The lowest BCUT2D eigenvalue weighted by atomic mass is 10.0. The summed E-state index contributed by atoms with van der Waals surface area (Å²) in [6.07, 6.45) is 2.78. The molecule has 0 aliphatic carbocycles. The molecule has 0 spiro atoms. The third-order valence-corrected chi connectivity index (χ3v) is 2.74. The van der Waals surface area contributed by atoms with Crippen LogP contribution in [0, 0.1) is 0 Å². The lowest BCUT2D eigenvalue weighted by molar-refractivity contribution is 0.0696. The summed E-state index contributed by atoms with van der Waals surface area (Å²) < 4.78 is 5.58. The van der Waals surface area contributed by atoms with Crippen molar-refractivity contribution in [2.75, 3.05) is 0 Å². The highest BCUT2D eigenvalue weighted by atomic mass is 16.5. The number of carboxylic acid groups (broad SMARTS) is 1. The minimum absolute atomic E-state index is 0.108. The topological polar surface area (TPSA) is 59.4 Å². The second-order valence-electron chi connectivity index (χ2n) is 4.54. The van der Waals surface area contributed by atoms with Crippen LogP contribution in [0.15, 0.2) is 42.7 Å². The molecule has 1 aromatic carbocycles. The molecule has 0 bridgehead atoms. The molecule has 0 amide bonds. The van der Waals surface area contributed by atoms with E-state index in [0.717, 1.165) is 0 Å². The van der Waals surface area contributed by atoms with Gasteiger partial charge in [0, 0.05) is 6.20 Å². The summed E-state index contributed by atoms with van der Waals surface area (Å²) in [5, 5.41) is 8.88. The number of nitrogens with zero attached hydrogens (tertiary/aromatic N) is 1. The van der Waals surface area contributed by atoms with E-state index in [1.54, 1.807) is 0 Å². The van der Waals surface area contributed by atoms with E-state index >= 15 is 0 Å². The van der Waals surface area contributed by atoms with Crippen LogP contribution in [0.2, 0.25) is 0 Å². The number of carboxylic acids is 1. The second-order valence-corrected chi connectivity index (χ2v) is 4.54. The van der Waals surface area contributed by atoms with Crippen molar-refractivity contribution >= 4 is 5.97 Å². The smallest absolute Gasteiger partial charge is 0.337 e. The van der Waals surface area contributed by atoms with Crippen LogP contribution in [0.1, 0.15) is 35.7 Å². The van der Waals surface area contributed by atoms with E-state index in [4.69, 9.17) is 9.84 Å². The maximum absolute atomic E-state index is 10.8. The summed E-state index contributed by atoms with van der Waals surface area (Å²) in [6.45, 7) is 4.24. The quantitative estimate of drug-likeness (QED) is 0.907. The Morgan fingerprint density at radius 2 is 1.84 bits per heavy atom. The number of aromatic carboxylic acids is 1. The first kappa shape index (κ1) is 13.1. The molecule has 0 saturated heterocycles. The van der Waals surface area contributed by atoms with Crippen LogP contribution in [0.5, 0.6) is 11.5 Å². The van der Waals surface area contributed by atoms with Gasteiger partial charge in [-0.3, -0.25) is 4.98 Å². The molecule has 0 unspecified atom stereocenters. The Morgan fingerprint density at radius 1 is 1.16 bits per heavy atom. The number of benzene rings is 1. The number of hydrogen-bond donors (Lipinski definition) is 1. The summed E-state index contributed by atoms with van der Waals surface area (Å²) in [4.78, 5) is 14.7. The fraction of sp³-hybridized carbons (Fsp3) is 0.200. The zero-order valence-electron chi connectivity index (χ0n) is 10.8. The van der Waals surface area contributed by atoms with Crippen LogP contribution in [0.4, 0.5) is 0 Å². The van der Waals surface area contributed by atoms with Crippen LogP contribution in [-0.4, -0.2) is 16.1 Å². The van der Waals surface area contributed by atoms with Crippen molar-refractivity contribution in [3.63, 3.8) is 0 Å². The molecule has 2 aromatic rings. The summed E-state index contributed by atoms with van der Waals surface area (Å²) in [7, 11) is 0. The SMILES string of the molecule is CC(C)c1ccc(Oc2cncc(C(=O)O)c2)cc1. The summed E-state index contributed by atoms with van der Waals surface area (Å²) in [5.74, 6) is 0.519. The molecule has 1 N–H and O–H groups in total. The van der Waals surface area contributed by atoms with Gasteiger partial charge < -0.3 is 9.84 Å². The maximum atomic E-state index is 10.8. The number of aromatic nitrogens is 1. The molecule has 0 fully saturated rings. The molecule has 0 aliphatic rings. The van der Waals surface area contributed by atoms with Gasteiger partial charge in [-0.1, -0.05) is 26.0 Å². The van der Waals surface area contributed by atoms with Gasteiger partial charge in [-0.15, -0.1) is 0 Å². The molecule has 1 heterocycles. The molecule has 0 aliphatic heterocycles. The molecule has 0 radical (unpaired) electrons. The van der Waals surface area contributed by atoms with Crippen LogP contribution < -0.4 is 4.74 Å². The fourth-order valence-electron chi connectivity index (χ4n) is 1.65. The summed E-state index contributed by atoms with van der Waals surface area (Å²) in [6, 6.07) is 9.17. The minimum Gasteiger partial charge on any atom is -0.478 e. The first-order chi connectivity index (χ1) is 9.06. The molecule has 19 heavy (non-hydrogen) atoms. The van der Waals surface area contributed by atoms with Crippen molar-refractivity contribution in [3.05, 3.63) is 53.9 Å². The van der Waals surface area contributed by atoms with Gasteiger partial charge in [0.05, 0.1) is 11.8 Å². The van der Waals surface area contributed by atoms with Gasteiger partial charge in [-0.05, 0) is 29.7 Å². The van der Waals surface area contributed by atoms with E-state index < -0.39 is 5.97 Å². The molecule has 4 nitrogen and oxygen atoms in total. The van der Waals surface area contributed by atoms with Crippen molar-refractivity contribution in [1.29, 1.82) is 0 Å². The van der Waals surface area contributed by atoms with Gasteiger partial charge in [-0.25, -0.2) is 4.79 Å². The predicted octanol–water partition coefficient (Wildman–Crippen LogP) is 3.70. The van der Waals surface area contributed by atoms with E-state index in [-0.39, 0.29) is 5.56 Å². The number of carbonyl (C=O) groups is 1. The average Bonchev–Trinajstić information content (AvgIpc) is 2.39. The largest absolute Gasteiger partial charge is 0.478 e. The monoisotopic (exact) mass is 257 g/mol. The van der Waals surface area contributed by atoms with Crippen molar-refractivity contribution < 1.29 is 14.6 Å². The minimum atomic E-state index is -1.02. The molecule has 1 aromatic heterocycles. The average molecular weight is 257 g/mol. The van der Waals surface area contributed by atoms with Gasteiger partial charge in [0.2, 0.25) is 0 Å². The molecular weight excluding hydrogens is 242 g/mol. The Hall–Kier alpha value is -2.36. The Labute approximate surface area is 111 Å². The predicted molar refractivity (Wildman–Crippen MR) is 71.8 cm³/mol. The Kier molecular flexibility index (Phi) is 3.80.